The number of hydrogen-bond acceptors (Lipinski definition) is 2. The molecule has 0 spiro atoms. The fourth-order valence-electron chi connectivity index (χ4n) is 1.26. The summed E-state index contributed by atoms with van der Waals surface area (Å²) in [4.78, 5) is 0. The minimum Gasteiger partial charge on any atom is -0.255 e. The third-order valence-electron chi connectivity index (χ3n) is 1.80. The van der Waals surface area contributed by atoms with E-state index in [4.69, 9.17) is 11.9 Å². The second-order valence-corrected chi connectivity index (χ2v) is 2.71. The topological polar surface area (TPSA) is 21.3 Å². The van der Waals surface area contributed by atoms with E-state index in [0.29, 0.717) is 0 Å². The molecule has 1 aliphatic rings. The van der Waals surface area contributed by atoms with Gasteiger partial charge in [0.05, 0.1) is 11.9 Å². The Morgan fingerprint density at radius 2 is 2.00 bits per heavy atom. The van der Waals surface area contributed by atoms with Crippen LogP contribution in [-0.4, -0.2) is 0 Å². The molecule has 1 rings (SSSR count). The first kappa shape index (κ1) is 7.89. The predicted octanol–water partition coefficient (Wildman–Crippen LogP) is 2.51. The Kier molecular flexibility index (Phi) is 3.62. The van der Waals surface area contributed by atoms with Gasteiger partial charge in [0.2, 0.25) is 0 Å². The quantitative estimate of drug-likeness (QED) is 0.629. The van der Waals surface area contributed by atoms with Crippen molar-refractivity contribution < 1.29 is 4.39 Å². The molecule has 0 aromatic rings. The van der Waals surface area contributed by atoms with Crippen molar-refractivity contribution in [3.63, 3.8) is 0 Å². The molecular weight excluding hydrogens is 150 g/mol. The average Bonchev–Trinajstić information content (AvgIpc) is 2.03. The van der Waals surface area contributed by atoms with Gasteiger partial charge in [-0.05, 0) is 25.7 Å². The van der Waals surface area contributed by atoms with Gasteiger partial charge in [-0.15, -0.1) is 0 Å². The van der Waals surface area contributed by atoms with Crippen LogP contribution in [0.3, 0.4) is 0 Å². The number of hydroxylamine groups is 1. The van der Waals surface area contributed by atoms with Gasteiger partial charge in [-0.3, -0.25) is 5.48 Å². The standard InChI is InChI=1S/C7H12ClNO/c8-10-9-6-7-4-2-1-3-5-7/h6,9H,1-5H2. The van der Waals surface area contributed by atoms with E-state index in [-0.39, 0.29) is 0 Å². The Balaban J connectivity index is 2.23. The number of rotatable bonds is 2. The van der Waals surface area contributed by atoms with E-state index >= 15 is 0 Å². The molecule has 2 nitrogen and oxygen atoms in total. The van der Waals surface area contributed by atoms with E-state index in [1.54, 1.807) is 0 Å². The largest absolute Gasteiger partial charge is 0.255 e. The Labute approximate surface area is 66.3 Å². The van der Waals surface area contributed by atoms with Gasteiger partial charge >= 0.3 is 0 Å². The summed E-state index contributed by atoms with van der Waals surface area (Å²) in [6.07, 6.45) is 8.19. The number of nitrogens with one attached hydrogen (secondary N) is 1. The fourth-order valence-corrected chi connectivity index (χ4v) is 1.30. The number of hydrogen-bond donors (Lipinski definition) is 1. The molecule has 1 fully saturated rings. The molecule has 1 saturated carbocycles. The average molecular weight is 162 g/mol. The van der Waals surface area contributed by atoms with Crippen LogP contribution in [0.25, 0.3) is 0 Å². The molecule has 0 aromatic heterocycles. The first-order chi connectivity index (χ1) is 4.93. The van der Waals surface area contributed by atoms with Gasteiger partial charge in [-0.1, -0.05) is 12.0 Å². The fraction of sp³-hybridized carbons (Fsp3) is 0.714. The summed E-state index contributed by atoms with van der Waals surface area (Å²) in [5.74, 6) is 0. The molecule has 0 amide bonds. The summed E-state index contributed by atoms with van der Waals surface area (Å²) >= 11 is 4.97. The van der Waals surface area contributed by atoms with E-state index in [0.717, 1.165) is 0 Å². The van der Waals surface area contributed by atoms with Crippen LogP contribution in [0.2, 0.25) is 0 Å². The third kappa shape index (κ3) is 2.58. The van der Waals surface area contributed by atoms with Crippen molar-refractivity contribution in [2.75, 3.05) is 0 Å². The van der Waals surface area contributed by atoms with Crippen LogP contribution in [-0.2, 0) is 4.39 Å². The minimum absolute atomic E-state index is 1.19. The smallest absolute Gasteiger partial charge is 0.0911 e. The van der Waals surface area contributed by atoms with Crippen molar-refractivity contribution in [2.24, 2.45) is 0 Å². The maximum absolute atomic E-state index is 4.97. The van der Waals surface area contributed by atoms with Crippen LogP contribution >= 0.6 is 11.9 Å². The highest BCUT2D eigenvalue weighted by Crippen LogP contribution is 2.21. The minimum atomic E-state index is 1.19. The first-order valence-electron chi connectivity index (χ1n) is 3.64. The lowest BCUT2D eigenvalue weighted by molar-refractivity contribution is 0.269. The molecular formula is C7H12ClNO. The molecule has 1 N–H and O–H groups in total. The van der Waals surface area contributed by atoms with Gasteiger partial charge in [-0.25, -0.2) is 0 Å². The molecule has 3 heteroatoms. The van der Waals surface area contributed by atoms with Crippen molar-refractivity contribution in [1.82, 2.24) is 5.48 Å². The van der Waals surface area contributed by atoms with E-state index in [1.165, 1.54) is 37.7 Å². The zero-order valence-electron chi connectivity index (χ0n) is 5.90. The second-order valence-electron chi connectivity index (χ2n) is 2.56. The Hall–Kier alpha value is -0.210. The molecule has 1 aliphatic carbocycles. The summed E-state index contributed by atoms with van der Waals surface area (Å²) in [7, 11) is 0. The monoisotopic (exact) mass is 161 g/mol. The van der Waals surface area contributed by atoms with Crippen LogP contribution in [0.1, 0.15) is 32.1 Å². The zero-order valence-corrected chi connectivity index (χ0v) is 6.66. The maximum atomic E-state index is 4.97. The first-order valence-corrected chi connectivity index (χ1v) is 3.95. The molecule has 0 radical (unpaired) electrons. The number of halogens is 1. The molecule has 58 valence electrons. The lowest BCUT2D eigenvalue weighted by Gasteiger charge is -2.12. The van der Waals surface area contributed by atoms with Crippen molar-refractivity contribution in [1.29, 1.82) is 0 Å². The highest BCUT2D eigenvalue weighted by molar-refractivity contribution is 6.07. The molecule has 0 saturated heterocycles. The molecule has 0 bridgehead atoms. The van der Waals surface area contributed by atoms with Crippen LogP contribution < -0.4 is 5.48 Å². The van der Waals surface area contributed by atoms with E-state index < -0.39 is 0 Å². The van der Waals surface area contributed by atoms with Gasteiger partial charge in [0.1, 0.15) is 0 Å². The normalized spacial score (nSPS) is 18.7. The van der Waals surface area contributed by atoms with Crippen molar-refractivity contribution in [3.8, 4) is 0 Å². The Morgan fingerprint density at radius 1 is 1.30 bits per heavy atom. The summed E-state index contributed by atoms with van der Waals surface area (Å²) in [6, 6.07) is 0. The molecule has 0 aliphatic heterocycles. The summed E-state index contributed by atoms with van der Waals surface area (Å²) in [6.45, 7) is 0. The van der Waals surface area contributed by atoms with E-state index in [1.807, 2.05) is 6.20 Å². The maximum Gasteiger partial charge on any atom is 0.0911 e. The lowest BCUT2D eigenvalue weighted by atomic mass is 9.96. The SMILES string of the molecule is ClONC=C1CCCCC1. The Morgan fingerprint density at radius 3 is 2.60 bits per heavy atom. The van der Waals surface area contributed by atoms with Gasteiger partial charge in [0.25, 0.3) is 0 Å². The third-order valence-corrected chi connectivity index (χ3v) is 1.89. The molecule has 0 heterocycles. The lowest BCUT2D eigenvalue weighted by Crippen LogP contribution is -2.02. The van der Waals surface area contributed by atoms with Crippen LogP contribution in [0.5, 0.6) is 0 Å². The second kappa shape index (κ2) is 4.58. The van der Waals surface area contributed by atoms with Crippen molar-refractivity contribution in [3.05, 3.63) is 11.8 Å². The zero-order chi connectivity index (χ0) is 7.23. The van der Waals surface area contributed by atoms with Crippen LogP contribution in [0, 0.1) is 0 Å². The molecule has 0 unspecified atom stereocenters. The summed E-state index contributed by atoms with van der Waals surface area (Å²) < 4.78 is 4.19. The predicted molar refractivity (Wildman–Crippen MR) is 41.2 cm³/mol. The summed E-state index contributed by atoms with van der Waals surface area (Å²) in [5.41, 5.74) is 3.93. The highest BCUT2D eigenvalue weighted by atomic mass is 35.5. The van der Waals surface area contributed by atoms with Gasteiger partial charge in [-0.2, -0.15) is 4.39 Å². The molecule has 0 aromatic carbocycles. The van der Waals surface area contributed by atoms with Crippen molar-refractivity contribution >= 4 is 11.9 Å². The van der Waals surface area contributed by atoms with Gasteiger partial charge in [0.15, 0.2) is 0 Å². The Bertz CT molecular complexity index is 117. The highest BCUT2D eigenvalue weighted by Gasteiger charge is 2.03. The van der Waals surface area contributed by atoms with E-state index in [9.17, 15) is 0 Å². The summed E-state index contributed by atoms with van der Waals surface area (Å²) in [5, 5.41) is 0. The van der Waals surface area contributed by atoms with E-state index in [2.05, 4.69) is 9.87 Å². The van der Waals surface area contributed by atoms with Crippen molar-refractivity contribution in [2.45, 2.75) is 32.1 Å². The van der Waals surface area contributed by atoms with Gasteiger partial charge < -0.3 is 0 Å². The molecule has 10 heavy (non-hydrogen) atoms. The number of allylic oxidation sites excluding steroid dienone is 1. The van der Waals surface area contributed by atoms with Crippen LogP contribution in [0.4, 0.5) is 0 Å². The van der Waals surface area contributed by atoms with Gasteiger partial charge in [0, 0.05) is 6.20 Å². The molecule has 0 atom stereocenters. The van der Waals surface area contributed by atoms with Crippen LogP contribution in [0.15, 0.2) is 11.8 Å².